The van der Waals surface area contributed by atoms with E-state index in [4.69, 9.17) is 4.98 Å². The van der Waals surface area contributed by atoms with Crippen molar-refractivity contribution >= 4 is 33.8 Å². The zero-order valence-electron chi connectivity index (χ0n) is 17.2. The van der Waals surface area contributed by atoms with Crippen LogP contribution in [-0.2, 0) is 11.2 Å². The molecule has 2 aromatic carbocycles. The molecule has 0 aliphatic heterocycles. The Morgan fingerprint density at radius 2 is 1.79 bits per heavy atom. The first-order valence-corrected chi connectivity index (χ1v) is 9.75. The summed E-state index contributed by atoms with van der Waals surface area (Å²) in [6.07, 6.45) is 1.02. The second-order valence-corrected chi connectivity index (χ2v) is 7.50. The third-order valence-corrected chi connectivity index (χ3v) is 5.29. The van der Waals surface area contributed by atoms with E-state index in [2.05, 4.69) is 10.4 Å². The molecule has 0 unspecified atom stereocenters. The minimum Gasteiger partial charge on any atom is -0.378 e. The number of rotatable bonds is 5. The minimum absolute atomic E-state index is 0.00729. The van der Waals surface area contributed by atoms with Gasteiger partial charge in [-0.25, -0.2) is 9.50 Å². The quantitative estimate of drug-likeness (QED) is 0.559. The van der Waals surface area contributed by atoms with E-state index < -0.39 is 0 Å². The zero-order chi connectivity index (χ0) is 20.5. The first kappa shape index (κ1) is 18.9. The molecule has 0 bridgehead atoms. The predicted octanol–water partition coefficient (Wildman–Crippen LogP) is 4.14. The molecule has 2 heterocycles. The molecule has 1 amide bonds. The fourth-order valence-corrected chi connectivity index (χ4v) is 3.64. The van der Waals surface area contributed by atoms with Gasteiger partial charge >= 0.3 is 0 Å². The largest absolute Gasteiger partial charge is 0.378 e. The van der Waals surface area contributed by atoms with Gasteiger partial charge in [-0.2, -0.15) is 5.10 Å². The molecule has 0 aliphatic rings. The van der Waals surface area contributed by atoms with Crippen LogP contribution >= 0.6 is 0 Å². The molecule has 2 aromatic heterocycles. The van der Waals surface area contributed by atoms with Crippen LogP contribution in [0.2, 0.25) is 0 Å². The highest BCUT2D eigenvalue weighted by Gasteiger charge is 2.15. The molecule has 29 heavy (non-hydrogen) atoms. The Bertz CT molecular complexity index is 1190. The number of fused-ring (bicyclic) bond motifs is 3. The third-order valence-electron chi connectivity index (χ3n) is 5.29. The van der Waals surface area contributed by atoms with Crippen molar-refractivity contribution in [3.05, 3.63) is 65.5 Å². The Morgan fingerprint density at radius 3 is 2.52 bits per heavy atom. The zero-order valence-corrected chi connectivity index (χ0v) is 17.2. The van der Waals surface area contributed by atoms with E-state index in [1.165, 1.54) is 0 Å². The Labute approximate surface area is 170 Å². The number of carbonyl (C=O) groups excluding carboxylic acids is 1. The van der Waals surface area contributed by atoms with E-state index in [9.17, 15) is 4.79 Å². The van der Waals surface area contributed by atoms with Gasteiger partial charge in [0.2, 0.25) is 5.91 Å². The second-order valence-electron chi connectivity index (χ2n) is 7.50. The Balaban J connectivity index is 1.51. The summed E-state index contributed by atoms with van der Waals surface area (Å²) in [6, 6.07) is 15.8. The number of hydrogen-bond donors (Lipinski definition) is 1. The fraction of sp³-hybridized carbons (Fsp3) is 0.261. The topological polar surface area (TPSA) is 62.5 Å². The van der Waals surface area contributed by atoms with Crippen molar-refractivity contribution in [3.8, 4) is 0 Å². The van der Waals surface area contributed by atoms with Crippen molar-refractivity contribution in [1.82, 2.24) is 14.6 Å². The molecule has 0 aliphatic carbocycles. The summed E-state index contributed by atoms with van der Waals surface area (Å²) >= 11 is 0. The molecule has 4 rings (SSSR count). The number of carbonyl (C=O) groups is 1. The molecule has 0 fully saturated rings. The van der Waals surface area contributed by atoms with Crippen molar-refractivity contribution in [2.75, 3.05) is 24.3 Å². The van der Waals surface area contributed by atoms with Gasteiger partial charge in [0.15, 0.2) is 5.65 Å². The van der Waals surface area contributed by atoms with E-state index in [0.717, 1.165) is 44.9 Å². The average Bonchev–Trinajstić information content (AvgIpc) is 3.07. The number of benzene rings is 2. The maximum Gasteiger partial charge on any atom is 0.224 e. The van der Waals surface area contributed by atoms with Crippen molar-refractivity contribution < 1.29 is 4.79 Å². The number of amides is 1. The first-order valence-electron chi connectivity index (χ1n) is 9.75. The lowest BCUT2D eigenvalue weighted by Gasteiger charge is -2.13. The monoisotopic (exact) mass is 387 g/mol. The Kier molecular flexibility index (Phi) is 4.92. The summed E-state index contributed by atoms with van der Waals surface area (Å²) in [5.74, 6) is -0.00729. The number of nitrogens with one attached hydrogen (secondary N) is 1. The first-order chi connectivity index (χ1) is 13.9. The van der Waals surface area contributed by atoms with Crippen molar-refractivity contribution in [2.24, 2.45) is 0 Å². The van der Waals surface area contributed by atoms with Crippen LogP contribution in [-0.4, -0.2) is 34.6 Å². The number of nitrogens with zero attached hydrogens (tertiary/aromatic N) is 4. The molecule has 0 atom stereocenters. The van der Waals surface area contributed by atoms with E-state index in [-0.39, 0.29) is 5.91 Å². The highest BCUT2D eigenvalue weighted by molar-refractivity contribution is 5.92. The molecule has 4 aromatic rings. The van der Waals surface area contributed by atoms with E-state index in [1.807, 2.05) is 85.9 Å². The van der Waals surface area contributed by atoms with Crippen LogP contribution in [0, 0.1) is 13.8 Å². The molecule has 0 radical (unpaired) electrons. The fourth-order valence-electron chi connectivity index (χ4n) is 3.64. The second kappa shape index (κ2) is 7.54. The SMILES string of the molecule is Cc1nc2c3ccccc3nn2c(C)c1CCC(=O)Nc1ccc(N(C)C)cc1. The van der Waals surface area contributed by atoms with Gasteiger partial charge in [-0.1, -0.05) is 12.1 Å². The molecular weight excluding hydrogens is 362 g/mol. The van der Waals surface area contributed by atoms with Crippen LogP contribution in [0.1, 0.15) is 23.4 Å². The number of aryl methyl sites for hydroxylation is 2. The van der Waals surface area contributed by atoms with Crippen molar-refractivity contribution in [2.45, 2.75) is 26.7 Å². The van der Waals surface area contributed by atoms with Crippen LogP contribution in [0.4, 0.5) is 11.4 Å². The van der Waals surface area contributed by atoms with Gasteiger partial charge in [-0.15, -0.1) is 0 Å². The van der Waals surface area contributed by atoms with Gasteiger partial charge in [-0.3, -0.25) is 4.79 Å². The molecule has 0 spiro atoms. The van der Waals surface area contributed by atoms with Crippen LogP contribution in [0.3, 0.4) is 0 Å². The van der Waals surface area contributed by atoms with E-state index in [0.29, 0.717) is 12.8 Å². The predicted molar refractivity (Wildman–Crippen MR) is 118 cm³/mol. The van der Waals surface area contributed by atoms with Gasteiger partial charge in [0, 0.05) is 48.7 Å². The van der Waals surface area contributed by atoms with Gasteiger partial charge in [0.05, 0.1) is 5.52 Å². The lowest BCUT2D eigenvalue weighted by molar-refractivity contribution is -0.116. The average molecular weight is 387 g/mol. The lowest BCUT2D eigenvalue weighted by atomic mass is 10.1. The van der Waals surface area contributed by atoms with Gasteiger partial charge < -0.3 is 10.2 Å². The van der Waals surface area contributed by atoms with Crippen LogP contribution in [0.5, 0.6) is 0 Å². The van der Waals surface area contributed by atoms with Crippen LogP contribution < -0.4 is 10.2 Å². The smallest absolute Gasteiger partial charge is 0.224 e. The Morgan fingerprint density at radius 1 is 1.07 bits per heavy atom. The van der Waals surface area contributed by atoms with Gasteiger partial charge in [0.25, 0.3) is 0 Å². The van der Waals surface area contributed by atoms with Gasteiger partial charge in [-0.05, 0) is 62.2 Å². The summed E-state index contributed by atoms with van der Waals surface area (Å²) in [7, 11) is 3.98. The number of anilines is 2. The number of aromatic nitrogens is 3. The summed E-state index contributed by atoms with van der Waals surface area (Å²) in [6.45, 7) is 4.04. The van der Waals surface area contributed by atoms with Crippen LogP contribution in [0.25, 0.3) is 16.6 Å². The Hall–Kier alpha value is -3.41. The molecular formula is C23H25N5O. The van der Waals surface area contributed by atoms with Crippen molar-refractivity contribution in [1.29, 1.82) is 0 Å². The molecule has 6 heteroatoms. The highest BCUT2D eigenvalue weighted by atomic mass is 16.1. The summed E-state index contributed by atoms with van der Waals surface area (Å²) in [5.41, 5.74) is 6.75. The summed E-state index contributed by atoms with van der Waals surface area (Å²) in [5, 5.41) is 8.70. The van der Waals surface area contributed by atoms with Crippen LogP contribution in [0.15, 0.2) is 48.5 Å². The maximum absolute atomic E-state index is 12.5. The normalized spacial score (nSPS) is 11.2. The number of hydrogen-bond acceptors (Lipinski definition) is 4. The molecule has 1 N–H and O–H groups in total. The third kappa shape index (κ3) is 3.66. The minimum atomic E-state index is -0.00729. The van der Waals surface area contributed by atoms with E-state index in [1.54, 1.807) is 0 Å². The molecule has 6 nitrogen and oxygen atoms in total. The summed E-state index contributed by atoms with van der Waals surface area (Å²) < 4.78 is 1.89. The highest BCUT2D eigenvalue weighted by Crippen LogP contribution is 2.23. The lowest BCUT2D eigenvalue weighted by Crippen LogP contribution is -2.14. The maximum atomic E-state index is 12.5. The summed E-state index contributed by atoms with van der Waals surface area (Å²) in [4.78, 5) is 19.3. The van der Waals surface area contributed by atoms with Gasteiger partial charge in [0.1, 0.15) is 0 Å². The molecule has 0 saturated carbocycles. The van der Waals surface area contributed by atoms with Crippen molar-refractivity contribution in [3.63, 3.8) is 0 Å². The molecule has 148 valence electrons. The van der Waals surface area contributed by atoms with E-state index >= 15 is 0 Å². The standard InChI is InChI=1S/C23H25N5O/c1-15-19(13-14-22(29)25-17-9-11-18(12-10-17)27(3)4)16(2)28-23(24-15)20-7-5-6-8-21(20)26-28/h5-12H,13-14H2,1-4H3,(H,25,29). The molecule has 0 saturated heterocycles.